The van der Waals surface area contributed by atoms with Crippen molar-refractivity contribution in [2.75, 3.05) is 0 Å². The molecule has 0 saturated carbocycles. The van der Waals surface area contributed by atoms with Crippen LogP contribution in [0.5, 0.6) is 0 Å². The minimum absolute atomic E-state index is 0.0658. The van der Waals surface area contributed by atoms with Crippen LogP contribution in [0.2, 0.25) is 0 Å². The Morgan fingerprint density at radius 1 is 0.600 bits per heavy atom. The number of rotatable bonds is 7. The smallest absolute Gasteiger partial charge is 0.173 e. The van der Waals surface area contributed by atoms with Gasteiger partial charge in [-0.05, 0) is 117 Å². The number of Topliss-reactive ketones (excluding diaryl/α,β-unsaturated/α-hetero) is 2. The van der Waals surface area contributed by atoms with Crippen molar-refractivity contribution in [3.05, 3.63) is 175 Å². The van der Waals surface area contributed by atoms with Crippen molar-refractivity contribution in [1.29, 1.82) is 0 Å². The lowest BCUT2D eigenvalue weighted by Gasteiger charge is -2.10. The van der Waals surface area contributed by atoms with Crippen LogP contribution >= 0.6 is 31.9 Å². The quantitative estimate of drug-likeness (QED) is 0.156. The molecule has 280 valence electrons. The largest absolute Gasteiger partial charge is 0.295 e. The third kappa shape index (κ3) is 10.7. The minimum Gasteiger partial charge on any atom is -0.295 e. The molecule has 2 aromatic heterocycles. The van der Waals surface area contributed by atoms with Crippen LogP contribution in [0.3, 0.4) is 0 Å². The molecule has 55 heavy (non-hydrogen) atoms. The van der Waals surface area contributed by atoms with Crippen molar-refractivity contribution in [1.82, 2.24) is 20.4 Å². The van der Waals surface area contributed by atoms with Crippen LogP contribution < -0.4 is 0 Å². The number of carbonyl (C=O) groups is 2. The monoisotopic (exact) mass is 864 g/mol. The summed E-state index contributed by atoms with van der Waals surface area (Å²) in [5.41, 5.74) is 12.6. The van der Waals surface area contributed by atoms with Crippen molar-refractivity contribution in [2.45, 2.75) is 48.0 Å². The average molecular weight is 867 g/mol. The molecule has 10 heteroatoms. The van der Waals surface area contributed by atoms with E-state index in [1.165, 1.54) is 11.6 Å². The number of benzene rings is 5. The van der Waals surface area contributed by atoms with Gasteiger partial charge >= 0.3 is 0 Å². The molecule has 2 N–H and O–H groups in total. The van der Waals surface area contributed by atoms with E-state index in [-0.39, 0.29) is 12.2 Å². The molecule has 0 radical (unpaired) electrons. The van der Waals surface area contributed by atoms with Crippen LogP contribution in [0.1, 0.15) is 61.3 Å². The molecule has 0 saturated heterocycles. The molecule has 0 spiro atoms. The van der Waals surface area contributed by atoms with Gasteiger partial charge in [0.05, 0.1) is 17.0 Å². The van der Waals surface area contributed by atoms with Gasteiger partial charge in [0, 0.05) is 43.4 Å². The van der Waals surface area contributed by atoms with E-state index in [4.69, 9.17) is 0 Å². The molecule has 7 aromatic rings. The third-order valence-corrected chi connectivity index (χ3v) is 10.6. The first-order valence-corrected chi connectivity index (χ1v) is 19.0. The van der Waals surface area contributed by atoms with Crippen molar-refractivity contribution < 1.29 is 18.4 Å². The summed E-state index contributed by atoms with van der Waals surface area (Å²) in [4.78, 5) is 23.3. The normalized spacial score (nSPS) is 10.6. The van der Waals surface area contributed by atoms with Gasteiger partial charge in [0.25, 0.3) is 0 Å². The number of hydrogen-bond donors (Lipinski definition) is 2. The number of nitrogens with one attached hydrogen (secondary N) is 2. The Hall–Kier alpha value is -5.32. The van der Waals surface area contributed by atoms with Crippen LogP contribution in [0.25, 0.3) is 33.6 Å². The predicted octanol–water partition coefficient (Wildman–Crippen LogP) is 12.5. The van der Waals surface area contributed by atoms with Crippen LogP contribution in [0, 0.1) is 46.3 Å². The number of nitrogens with zero attached hydrogens (tertiary/aromatic N) is 2. The van der Waals surface area contributed by atoms with E-state index in [1.54, 1.807) is 6.92 Å². The van der Waals surface area contributed by atoms with Gasteiger partial charge in [-0.2, -0.15) is 10.2 Å². The van der Waals surface area contributed by atoms with Gasteiger partial charge < -0.3 is 0 Å². The number of aryl methyl sites for hydroxylation is 5. The van der Waals surface area contributed by atoms with Crippen LogP contribution in [-0.4, -0.2) is 32.0 Å². The zero-order valence-corrected chi connectivity index (χ0v) is 34.5. The van der Waals surface area contributed by atoms with E-state index in [1.807, 2.05) is 94.4 Å². The molecular weight excluding hydrogens is 826 g/mol. The zero-order valence-electron chi connectivity index (χ0n) is 31.3. The van der Waals surface area contributed by atoms with Crippen molar-refractivity contribution in [3.63, 3.8) is 0 Å². The maximum atomic E-state index is 13.8. The number of halogens is 4. The van der Waals surface area contributed by atoms with Crippen LogP contribution in [-0.2, 0) is 6.42 Å². The highest BCUT2D eigenvalue weighted by molar-refractivity contribution is 9.10. The number of ketones is 2. The molecule has 0 aliphatic rings. The highest BCUT2D eigenvalue weighted by Gasteiger charge is 2.17. The molecule has 0 unspecified atom stereocenters. The predicted molar refractivity (Wildman–Crippen MR) is 223 cm³/mol. The molecule has 0 atom stereocenters. The van der Waals surface area contributed by atoms with E-state index in [0.717, 1.165) is 82.8 Å². The number of H-pyrrole nitrogens is 2. The van der Waals surface area contributed by atoms with Crippen LogP contribution in [0.15, 0.2) is 118 Å². The summed E-state index contributed by atoms with van der Waals surface area (Å²) >= 11 is 6.87. The van der Waals surface area contributed by atoms with E-state index in [9.17, 15) is 18.4 Å². The van der Waals surface area contributed by atoms with Gasteiger partial charge in [-0.15, -0.1) is 0 Å². The fraction of sp³-hybridized carbons (Fsp3) is 0.156. The summed E-state index contributed by atoms with van der Waals surface area (Å²) < 4.78 is 29.8. The average Bonchev–Trinajstić information content (AvgIpc) is 3.79. The molecule has 6 nitrogen and oxygen atoms in total. The van der Waals surface area contributed by atoms with Gasteiger partial charge in [0.1, 0.15) is 11.6 Å². The second kappa shape index (κ2) is 18.3. The fourth-order valence-electron chi connectivity index (χ4n) is 5.63. The number of aromatic nitrogens is 4. The summed E-state index contributed by atoms with van der Waals surface area (Å²) in [5.74, 6) is -2.15. The van der Waals surface area contributed by atoms with Crippen molar-refractivity contribution in [2.24, 2.45) is 0 Å². The van der Waals surface area contributed by atoms with Crippen LogP contribution in [0.4, 0.5) is 8.78 Å². The Kier molecular flexibility index (Phi) is 13.6. The van der Waals surface area contributed by atoms with Gasteiger partial charge in [-0.25, -0.2) is 8.78 Å². The summed E-state index contributed by atoms with van der Waals surface area (Å²) in [5, 5.41) is 14.4. The molecule has 0 amide bonds. The molecule has 5 aromatic carbocycles. The summed E-state index contributed by atoms with van der Waals surface area (Å²) in [7, 11) is 0. The highest BCUT2D eigenvalue weighted by atomic mass is 79.9. The van der Waals surface area contributed by atoms with Gasteiger partial charge in [-0.3, -0.25) is 19.8 Å². The van der Waals surface area contributed by atoms with Crippen molar-refractivity contribution in [3.8, 4) is 33.6 Å². The molecule has 2 heterocycles. The molecule has 7 rings (SSSR count). The summed E-state index contributed by atoms with van der Waals surface area (Å²) in [6.45, 7) is 11.6. The molecule has 0 bridgehead atoms. The molecule has 0 fully saturated rings. The maximum Gasteiger partial charge on any atom is 0.173 e. The molecular formula is C45H40Br2F2N4O2. The van der Waals surface area contributed by atoms with Gasteiger partial charge in [0.15, 0.2) is 11.6 Å². The van der Waals surface area contributed by atoms with E-state index >= 15 is 0 Å². The second-order valence-corrected chi connectivity index (χ2v) is 15.0. The topological polar surface area (TPSA) is 91.5 Å². The lowest BCUT2D eigenvalue weighted by atomic mass is 9.95. The Morgan fingerprint density at radius 2 is 1.09 bits per heavy atom. The van der Waals surface area contributed by atoms with E-state index < -0.39 is 23.0 Å². The Bertz CT molecular complexity index is 2450. The zero-order chi connectivity index (χ0) is 39.8. The second-order valence-electron chi connectivity index (χ2n) is 13.3. The Labute approximate surface area is 336 Å². The maximum absolute atomic E-state index is 13.8. The lowest BCUT2D eigenvalue weighted by Crippen LogP contribution is -2.09. The fourth-order valence-corrected chi connectivity index (χ4v) is 6.39. The van der Waals surface area contributed by atoms with E-state index in [2.05, 4.69) is 83.4 Å². The minimum atomic E-state index is -0.835. The molecule has 0 aliphatic carbocycles. The SMILES string of the molecule is CC(=O)c1ccc(C)c(Br)c1.Cc1cc(-c2ccc(C)c(-c3ccc(CC(=O)c4c(F)cccc4F)cc3)c2)n[nH]1.Cc1cc(-c2ccc(C)c(Br)c2)n[nH]1. The standard InChI is InChI=1S/C25H20F2N2O.C11H11BrN2.C9H9BrO/c1-15-6-9-19(23-12-16(2)28-29-23)14-20(15)18-10-7-17(8-11-18)13-24(30)25-21(26)4-3-5-22(25)27;1-7-3-4-9(6-10(7)12)11-5-8(2)13-14-11;1-6-3-4-8(7(2)11)5-9(6)10/h3-12,14H,13H2,1-2H3,(H,28,29);3-6H,1-2H3,(H,13,14);3-5H,1-2H3. The van der Waals surface area contributed by atoms with Gasteiger partial charge in [0.2, 0.25) is 0 Å². The van der Waals surface area contributed by atoms with Gasteiger partial charge in [-0.1, -0.05) is 98.6 Å². The third-order valence-electron chi connectivity index (χ3n) is 8.86. The number of aromatic amines is 2. The Morgan fingerprint density at radius 3 is 1.58 bits per heavy atom. The number of carbonyl (C=O) groups excluding carboxylic acids is 2. The first-order valence-electron chi connectivity index (χ1n) is 17.4. The first-order chi connectivity index (χ1) is 26.2. The summed E-state index contributed by atoms with van der Waals surface area (Å²) in [6.07, 6.45) is -0.0658. The Balaban J connectivity index is 0.000000190. The van der Waals surface area contributed by atoms with E-state index in [0.29, 0.717) is 5.56 Å². The molecule has 0 aliphatic heterocycles. The van der Waals surface area contributed by atoms with Crippen molar-refractivity contribution >= 4 is 43.4 Å². The lowest BCUT2D eigenvalue weighted by molar-refractivity contribution is 0.0982. The number of hydrogen-bond acceptors (Lipinski definition) is 4. The highest BCUT2D eigenvalue weighted by Crippen LogP contribution is 2.30. The summed E-state index contributed by atoms with van der Waals surface area (Å²) in [6, 6.07) is 33.0. The first kappa shape index (κ1) is 40.9.